The first kappa shape index (κ1) is 13.8. The van der Waals surface area contributed by atoms with Crippen LogP contribution in [0.3, 0.4) is 0 Å². The fourth-order valence-electron chi connectivity index (χ4n) is 2.44. The van der Waals surface area contributed by atoms with Crippen molar-refractivity contribution in [3.8, 4) is 6.07 Å². The Bertz CT molecular complexity index is 772. The number of carbonyl (C=O) groups excluding carboxylic acids is 1. The van der Waals surface area contributed by atoms with Crippen LogP contribution in [0.4, 0.5) is 5.82 Å². The number of fused-ring (bicyclic) bond motifs is 1. The average molecular weight is 301 g/mol. The predicted molar refractivity (Wildman–Crippen MR) is 81.0 cm³/mol. The molecule has 2 aromatic heterocycles. The number of nitrogens with zero attached hydrogens (tertiary/aromatic N) is 4. The minimum Gasteiger partial charge on any atom is -0.383 e. The summed E-state index contributed by atoms with van der Waals surface area (Å²) in [5.74, 6) is 0.900. The zero-order valence-electron chi connectivity index (χ0n) is 11.9. The molecule has 0 spiro atoms. The lowest BCUT2D eigenvalue weighted by Crippen LogP contribution is -2.33. The van der Waals surface area contributed by atoms with Gasteiger partial charge in [-0.2, -0.15) is 5.26 Å². The number of hydrogen-bond acceptors (Lipinski definition) is 6. The van der Waals surface area contributed by atoms with E-state index >= 15 is 0 Å². The molecule has 108 valence electrons. The Hall–Kier alpha value is -2.20. The van der Waals surface area contributed by atoms with Crippen LogP contribution in [0.2, 0.25) is 0 Å². The maximum Gasteiger partial charge on any atom is 0.265 e. The molecule has 0 aromatic carbocycles. The molecule has 0 radical (unpaired) electrons. The Morgan fingerprint density at radius 2 is 2.19 bits per heavy atom. The van der Waals surface area contributed by atoms with Gasteiger partial charge in [0.05, 0.1) is 16.3 Å². The fraction of sp³-hybridized carbons (Fsp3) is 0.429. The van der Waals surface area contributed by atoms with Crippen molar-refractivity contribution in [3.05, 3.63) is 16.3 Å². The molecule has 1 amide bonds. The van der Waals surface area contributed by atoms with Crippen LogP contribution in [0.15, 0.2) is 0 Å². The summed E-state index contributed by atoms with van der Waals surface area (Å²) in [7, 11) is 0. The first-order valence-electron chi connectivity index (χ1n) is 6.74. The van der Waals surface area contributed by atoms with E-state index in [0.717, 1.165) is 28.6 Å². The van der Waals surface area contributed by atoms with Crippen molar-refractivity contribution in [2.24, 2.45) is 0 Å². The third-order valence-electron chi connectivity index (χ3n) is 3.61. The topological polar surface area (TPSA) is 95.9 Å². The first-order chi connectivity index (χ1) is 10.0. The standard InChI is InChI=1S/C14H15N5OS/c1-7-10-12(16)17-8(2)18-13(10)21-11(7)14(20)19(6-5-15)9-3-4-9/h9H,3-4,6H2,1-2H3,(H2,16,17,18). The van der Waals surface area contributed by atoms with E-state index < -0.39 is 0 Å². The Balaban J connectivity index is 2.08. The lowest BCUT2D eigenvalue weighted by atomic mass is 10.2. The largest absolute Gasteiger partial charge is 0.383 e. The van der Waals surface area contributed by atoms with Crippen molar-refractivity contribution in [1.29, 1.82) is 5.26 Å². The quantitative estimate of drug-likeness (QED) is 0.875. The molecule has 21 heavy (non-hydrogen) atoms. The molecule has 6 nitrogen and oxygen atoms in total. The second kappa shape index (κ2) is 4.97. The van der Waals surface area contributed by atoms with Crippen molar-refractivity contribution in [1.82, 2.24) is 14.9 Å². The number of aryl methyl sites for hydroxylation is 2. The van der Waals surface area contributed by atoms with E-state index in [4.69, 9.17) is 11.0 Å². The molecule has 0 atom stereocenters. The first-order valence-corrected chi connectivity index (χ1v) is 7.55. The fourth-order valence-corrected chi connectivity index (χ4v) is 3.63. The summed E-state index contributed by atoms with van der Waals surface area (Å²) in [5.41, 5.74) is 6.76. The van der Waals surface area contributed by atoms with Crippen LogP contribution in [0, 0.1) is 25.2 Å². The summed E-state index contributed by atoms with van der Waals surface area (Å²) in [6.45, 7) is 3.76. The van der Waals surface area contributed by atoms with Gasteiger partial charge in [-0.25, -0.2) is 9.97 Å². The summed E-state index contributed by atoms with van der Waals surface area (Å²) in [6.07, 6.45) is 1.94. The number of nitrogen functional groups attached to an aromatic ring is 1. The number of rotatable bonds is 3. The smallest absolute Gasteiger partial charge is 0.265 e. The Kier molecular flexibility index (Phi) is 3.26. The van der Waals surface area contributed by atoms with Gasteiger partial charge in [-0.15, -0.1) is 11.3 Å². The number of anilines is 1. The molecule has 0 bridgehead atoms. The predicted octanol–water partition coefficient (Wildman–Crippen LogP) is 2.02. The van der Waals surface area contributed by atoms with Crippen LogP contribution < -0.4 is 5.73 Å². The Morgan fingerprint density at radius 3 is 2.81 bits per heavy atom. The molecule has 2 aromatic rings. The van der Waals surface area contributed by atoms with Crippen LogP contribution >= 0.6 is 11.3 Å². The van der Waals surface area contributed by atoms with E-state index in [-0.39, 0.29) is 18.5 Å². The maximum atomic E-state index is 12.7. The van der Waals surface area contributed by atoms with Crippen LogP contribution in [0.1, 0.15) is 33.9 Å². The van der Waals surface area contributed by atoms with Gasteiger partial charge in [0.15, 0.2) is 0 Å². The van der Waals surface area contributed by atoms with Crippen LogP contribution in [-0.4, -0.2) is 33.4 Å². The van der Waals surface area contributed by atoms with Gasteiger partial charge in [0.1, 0.15) is 23.0 Å². The van der Waals surface area contributed by atoms with E-state index in [9.17, 15) is 4.79 Å². The van der Waals surface area contributed by atoms with Crippen molar-refractivity contribution in [2.75, 3.05) is 12.3 Å². The lowest BCUT2D eigenvalue weighted by molar-refractivity contribution is 0.0769. The number of hydrogen-bond donors (Lipinski definition) is 1. The normalized spacial score (nSPS) is 14.1. The highest BCUT2D eigenvalue weighted by Crippen LogP contribution is 2.35. The molecule has 1 saturated carbocycles. The molecule has 1 aliphatic rings. The lowest BCUT2D eigenvalue weighted by Gasteiger charge is -2.18. The van der Waals surface area contributed by atoms with Gasteiger partial charge in [-0.3, -0.25) is 4.79 Å². The van der Waals surface area contributed by atoms with Crippen LogP contribution in [0.5, 0.6) is 0 Å². The minimum atomic E-state index is -0.100. The summed E-state index contributed by atoms with van der Waals surface area (Å²) < 4.78 is 0. The summed E-state index contributed by atoms with van der Waals surface area (Å²) in [5, 5.41) is 9.67. The number of nitrogens with two attached hydrogens (primary N) is 1. The van der Waals surface area contributed by atoms with Crippen LogP contribution in [0.25, 0.3) is 10.2 Å². The third-order valence-corrected chi connectivity index (χ3v) is 4.79. The maximum absolute atomic E-state index is 12.7. The van der Waals surface area contributed by atoms with E-state index in [1.54, 1.807) is 11.8 Å². The van der Waals surface area contributed by atoms with Gasteiger partial charge in [0, 0.05) is 6.04 Å². The molecule has 7 heteroatoms. The van der Waals surface area contributed by atoms with Gasteiger partial charge in [0.2, 0.25) is 0 Å². The molecular weight excluding hydrogens is 286 g/mol. The third kappa shape index (κ3) is 2.32. The molecule has 2 N–H and O–H groups in total. The molecule has 3 rings (SSSR count). The number of carbonyl (C=O) groups is 1. The van der Waals surface area contributed by atoms with E-state index in [1.165, 1.54) is 11.3 Å². The van der Waals surface area contributed by atoms with Crippen molar-refractivity contribution in [3.63, 3.8) is 0 Å². The SMILES string of the molecule is Cc1nc(N)c2c(C)c(C(=O)N(CC#N)C3CC3)sc2n1. The Labute approximate surface area is 126 Å². The van der Waals surface area contributed by atoms with Gasteiger partial charge >= 0.3 is 0 Å². The molecule has 0 unspecified atom stereocenters. The average Bonchev–Trinajstić information content (AvgIpc) is 3.19. The number of aromatic nitrogens is 2. The van der Waals surface area contributed by atoms with Crippen molar-refractivity contribution >= 4 is 33.3 Å². The van der Waals surface area contributed by atoms with Crippen LogP contribution in [-0.2, 0) is 0 Å². The van der Waals surface area contributed by atoms with E-state index in [2.05, 4.69) is 16.0 Å². The zero-order chi connectivity index (χ0) is 15.1. The monoisotopic (exact) mass is 301 g/mol. The Morgan fingerprint density at radius 1 is 1.48 bits per heavy atom. The van der Waals surface area contributed by atoms with Crippen molar-refractivity contribution in [2.45, 2.75) is 32.7 Å². The highest BCUT2D eigenvalue weighted by Gasteiger charge is 2.34. The summed E-state index contributed by atoms with van der Waals surface area (Å²) in [4.78, 5) is 24.2. The highest BCUT2D eigenvalue weighted by atomic mass is 32.1. The van der Waals surface area contributed by atoms with Gasteiger partial charge in [-0.05, 0) is 32.3 Å². The number of amides is 1. The van der Waals surface area contributed by atoms with E-state index in [1.807, 2.05) is 6.92 Å². The molecule has 1 aliphatic carbocycles. The summed E-state index contributed by atoms with van der Waals surface area (Å²) in [6, 6.07) is 2.27. The zero-order valence-corrected chi connectivity index (χ0v) is 12.7. The van der Waals surface area contributed by atoms with Crippen molar-refractivity contribution < 1.29 is 4.79 Å². The van der Waals surface area contributed by atoms with Gasteiger partial charge < -0.3 is 10.6 Å². The second-order valence-corrected chi connectivity index (χ2v) is 6.21. The molecule has 2 heterocycles. The number of nitriles is 1. The second-order valence-electron chi connectivity index (χ2n) is 5.21. The summed E-state index contributed by atoms with van der Waals surface area (Å²) >= 11 is 1.33. The minimum absolute atomic E-state index is 0.100. The molecule has 0 saturated heterocycles. The molecule has 0 aliphatic heterocycles. The van der Waals surface area contributed by atoms with Gasteiger partial charge in [-0.1, -0.05) is 0 Å². The molecule has 1 fully saturated rings. The highest BCUT2D eigenvalue weighted by molar-refractivity contribution is 7.20. The molecular formula is C14H15N5OS. The number of thiophene rings is 1. The van der Waals surface area contributed by atoms with Gasteiger partial charge in [0.25, 0.3) is 5.91 Å². The van der Waals surface area contributed by atoms with E-state index in [0.29, 0.717) is 16.5 Å².